The Morgan fingerprint density at radius 3 is 2.45 bits per heavy atom. The molecule has 1 aromatic rings. The second kappa shape index (κ2) is 9.04. The summed E-state index contributed by atoms with van der Waals surface area (Å²) in [5, 5.41) is 4.36. The van der Waals surface area contributed by atoms with E-state index >= 15 is 0 Å². The summed E-state index contributed by atoms with van der Waals surface area (Å²) in [5.74, 6) is 0.736. The molecule has 0 saturated heterocycles. The Labute approximate surface area is 137 Å². The minimum absolute atomic E-state index is 0.572. The summed E-state index contributed by atoms with van der Waals surface area (Å²) in [7, 11) is 4.33. The average molecular weight is 362 g/mol. The van der Waals surface area contributed by atoms with Crippen molar-refractivity contribution in [3.05, 3.63) is 33.3 Å². The molecular formula is C16H26BrClN2. The number of nitrogens with one attached hydrogen (secondary N) is 1. The molecule has 2 nitrogen and oxygen atoms in total. The van der Waals surface area contributed by atoms with Gasteiger partial charge >= 0.3 is 0 Å². The van der Waals surface area contributed by atoms with Crippen LogP contribution >= 0.6 is 27.5 Å². The molecule has 1 atom stereocenters. The van der Waals surface area contributed by atoms with Gasteiger partial charge in [-0.05, 0) is 43.8 Å². The molecule has 0 radical (unpaired) electrons. The van der Waals surface area contributed by atoms with Gasteiger partial charge in [0.1, 0.15) is 0 Å². The van der Waals surface area contributed by atoms with Gasteiger partial charge in [0.2, 0.25) is 0 Å². The van der Waals surface area contributed by atoms with Gasteiger partial charge in [-0.2, -0.15) is 0 Å². The molecular weight excluding hydrogens is 336 g/mol. The predicted octanol–water partition coefficient (Wildman–Crippen LogP) is 4.56. The molecule has 0 aliphatic heterocycles. The van der Waals surface area contributed by atoms with Crippen LogP contribution in [0, 0.1) is 5.92 Å². The van der Waals surface area contributed by atoms with Gasteiger partial charge < -0.3 is 10.2 Å². The second-order valence-electron chi connectivity index (χ2n) is 5.47. The lowest BCUT2D eigenvalue weighted by Crippen LogP contribution is -2.42. The van der Waals surface area contributed by atoms with Gasteiger partial charge in [-0.25, -0.2) is 0 Å². The van der Waals surface area contributed by atoms with Gasteiger partial charge in [-0.15, -0.1) is 0 Å². The molecule has 1 unspecified atom stereocenters. The molecule has 20 heavy (non-hydrogen) atoms. The number of hydrogen-bond acceptors (Lipinski definition) is 2. The molecule has 4 heteroatoms. The minimum Gasteiger partial charge on any atom is -0.311 e. The van der Waals surface area contributed by atoms with Crippen LogP contribution in [0.2, 0.25) is 5.02 Å². The SMILES string of the molecule is CCC(CC)C(CNCc1cc(Cl)ccc1Br)N(C)C. The number of nitrogens with zero attached hydrogens (tertiary/aromatic N) is 1. The highest BCUT2D eigenvalue weighted by Gasteiger charge is 2.20. The van der Waals surface area contributed by atoms with Gasteiger partial charge in [0.25, 0.3) is 0 Å². The predicted molar refractivity (Wildman–Crippen MR) is 92.4 cm³/mol. The van der Waals surface area contributed by atoms with Crippen molar-refractivity contribution in [1.29, 1.82) is 0 Å². The van der Waals surface area contributed by atoms with E-state index in [1.54, 1.807) is 0 Å². The maximum Gasteiger partial charge on any atom is 0.0410 e. The first-order valence-corrected chi connectivity index (χ1v) is 8.47. The lowest BCUT2D eigenvalue weighted by Gasteiger charge is -2.31. The van der Waals surface area contributed by atoms with Crippen molar-refractivity contribution < 1.29 is 0 Å². The van der Waals surface area contributed by atoms with Crippen LogP contribution in [-0.2, 0) is 6.54 Å². The van der Waals surface area contributed by atoms with Gasteiger partial charge in [0, 0.05) is 28.6 Å². The summed E-state index contributed by atoms with van der Waals surface area (Å²) in [6.07, 6.45) is 2.45. The van der Waals surface area contributed by atoms with E-state index in [9.17, 15) is 0 Å². The van der Waals surface area contributed by atoms with E-state index in [0.29, 0.717) is 6.04 Å². The minimum atomic E-state index is 0.572. The van der Waals surface area contributed by atoms with Crippen LogP contribution in [0.4, 0.5) is 0 Å². The maximum absolute atomic E-state index is 6.05. The standard InChI is InChI=1S/C16H26BrClN2/c1-5-12(6-2)16(20(3)4)11-19-10-13-9-14(18)7-8-15(13)17/h7-9,12,16,19H,5-6,10-11H2,1-4H3. The van der Waals surface area contributed by atoms with Crippen LogP contribution in [-0.4, -0.2) is 31.6 Å². The zero-order chi connectivity index (χ0) is 15.1. The summed E-state index contributed by atoms with van der Waals surface area (Å²) in [6, 6.07) is 6.49. The zero-order valence-corrected chi connectivity index (χ0v) is 15.3. The van der Waals surface area contributed by atoms with Crippen molar-refractivity contribution in [3.8, 4) is 0 Å². The van der Waals surface area contributed by atoms with Crippen LogP contribution in [0.3, 0.4) is 0 Å². The number of halogens is 2. The number of benzene rings is 1. The third-order valence-corrected chi connectivity index (χ3v) is 4.94. The summed E-state index contributed by atoms with van der Waals surface area (Å²) in [6.45, 7) is 6.39. The Balaban J connectivity index is 2.58. The fourth-order valence-corrected chi connectivity index (χ4v) is 3.22. The van der Waals surface area contributed by atoms with E-state index in [-0.39, 0.29) is 0 Å². The van der Waals surface area contributed by atoms with E-state index in [4.69, 9.17) is 11.6 Å². The van der Waals surface area contributed by atoms with Gasteiger partial charge in [-0.3, -0.25) is 0 Å². The van der Waals surface area contributed by atoms with Crippen LogP contribution in [0.5, 0.6) is 0 Å². The van der Waals surface area contributed by atoms with Gasteiger partial charge in [0.05, 0.1) is 0 Å². The Kier molecular flexibility index (Phi) is 8.11. The highest BCUT2D eigenvalue weighted by molar-refractivity contribution is 9.10. The van der Waals surface area contributed by atoms with Gasteiger partial charge in [-0.1, -0.05) is 54.2 Å². The van der Waals surface area contributed by atoms with Crippen molar-refractivity contribution >= 4 is 27.5 Å². The smallest absolute Gasteiger partial charge is 0.0410 e. The molecule has 0 heterocycles. The maximum atomic E-state index is 6.05. The first-order valence-electron chi connectivity index (χ1n) is 7.30. The summed E-state index contributed by atoms with van der Waals surface area (Å²) >= 11 is 9.62. The van der Waals surface area contributed by atoms with Crippen molar-refractivity contribution in [3.63, 3.8) is 0 Å². The van der Waals surface area contributed by atoms with Crippen LogP contribution < -0.4 is 5.32 Å². The molecule has 0 amide bonds. The summed E-state index contributed by atoms with van der Waals surface area (Å²) in [4.78, 5) is 2.33. The Morgan fingerprint density at radius 2 is 1.90 bits per heavy atom. The topological polar surface area (TPSA) is 15.3 Å². The molecule has 0 bridgehead atoms. The number of likely N-dealkylation sites (N-methyl/N-ethyl adjacent to an activating group) is 1. The van der Waals surface area contributed by atoms with Gasteiger partial charge in [0.15, 0.2) is 0 Å². The van der Waals surface area contributed by atoms with E-state index in [0.717, 1.165) is 28.5 Å². The molecule has 0 aliphatic carbocycles. The molecule has 0 spiro atoms. The lowest BCUT2D eigenvalue weighted by atomic mass is 9.93. The monoisotopic (exact) mass is 360 g/mol. The Morgan fingerprint density at radius 1 is 1.25 bits per heavy atom. The van der Waals surface area contributed by atoms with Crippen molar-refractivity contribution in [2.75, 3.05) is 20.6 Å². The van der Waals surface area contributed by atoms with E-state index < -0.39 is 0 Å². The summed E-state index contributed by atoms with van der Waals surface area (Å²) < 4.78 is 1.11. The highest BCUT2D eigenvalue weighted by atomic mass is 79.9. The van der Waals surface area contributed by atoms with E-state index in [1.165, 1.54) is 18.4 Å². The average Bonchev–Trinajstić information content (AvgIpc) is 2.41. The van der Waals surface area contributed by atoms with Crippen LogP contribution in [0.25, 0.3) is 0 Å². The quantitative estimate of drug-likeness (QED) is 0.730. The molecule has 114 valence electrons. The highest BCUT2D eigenvalue weighted by Crippen LogP contribution is 2.21. The lowest BCUT2D eigenvalue weighted by molar-refractivity contribution is 0.194. The summed E-state index contributed by atoms with van der Waals surface area (Å²) in [5.41, 5.74) is 1.21. The number of rotatable bonds is 8. The zero-order valence-electron chi connectivity index (χ0n) is 12.9. The first kappa shape index (κ1) is 18.0. The molecule has 1 aromatic carbocycles. The third kappa shape index (κ3) is 5.36. The molecule has 0 aromatic heterocycles. The molecule has 1 rings (SSSR count). The molecule has 0 fully saturated rings. The van der Waals surface area contributed by atoms with Crippen molar-refractivity contribution in [2.45, 2.75) is 39.3 Å². The largest absolute Gasteiger partial charge is 0.311 e. The van der Waals surface area contributed by atoms with Crippen molar-refractivity contribution in [1.82, 2.24) is 10.2 Å². The molecule has 1 N–H and O–H groups in total. The van der Waals surface area contributed by atoms with Crippen LogP contribution in [0.15, 0.2) is 22.7 Å². The van der Waals surface area contributed by atoms with E-state index in [1.807, 2.05) is 18.2 Å². The Hall–Kier alpha value is -0.0900. The fourth-order valence-electron chi connectivity index (χ4n) is 2.64. The molecule has 0 saturated carbocycles. The third-order valence-electron chi connectivity index (χ3n) is 3.93. The fraction of sp³-hybridized carbons (Fsp3) is 0.625. The van der Waals surface area contributed by atoms with Crippen LogP contribution in [0.1, 0.15) is 32.3 Å². The first-order chi connectivity index (χ1) is 9.49. The number of hydrogen-bond donors (Lipinski definition) is 1. The normalized spacial score (nSPS) is 13.2. The van der Waals surface area contributed by atoms with E-state index in [2.05, 4.69) is 54.1 Å². The Bertz CT molecular complexity index is 405. The van der Waals surface area contributed by atoms with Crippen molar-refractivity contribution in [2.24, 2.45) is 5.92 Å². The second-order valence-corrected chi connectivity index (χ2v) is 6.76. The molecule has 0 aliphatic rings.